The molecule has 1 aromatic carbocycles. The van der Waals surface area contributed by atoms with Crippen LogP contribution in [0.5, 0.6) is 0 Å². The maximum atomic E-state index is 13.0. The molecule has 0 radical (unpaired) electrons. The standard InChI is InChI=1S/C13H14FN3/c1-8-5-10(14)3-4-12(8)17-13-9(2)6-11(15)7-16-13/h3-7H,15H2,1-2H3,(H,16,17). The molecule has 0 saturated carbocycles. The van der Waals surface area contributed by atoms with E-state index in [-0.39, 0.29) is 5.82 Å². The number of halogens is 1. The van der Waals surface area contributed by atoms with Gasteiger partial charge in [0, 0.05) is 5.69 Å². The number of benzene rings is 1. The van der Waals surface area contributed by atoms with Gasteiger partial charge in [-0.15, -0.1) is 0 Å². The van der Waals surface area contributed by atoms with Gasteiger partial charge in [-0.3, -0.25) is 0 Å². The summed E-state index contributed by atoms with van der Waals surface area (Å²) in [5.74, 6) is 0.490. The highest BCUT2D eigenvalue weighted by atomic mass is 19.1. The molecule has 3 nitrogen and oxygen atoms in total. The minimum Gasteiger partial charge on any atom is -0.397 e. The van der Waals surface area contributed by atoms with Crippen LogP contribution in [-0.2, 0) is 0 Å². The van der Waals surface area contributed by atoms with Crippen LogP contribution in [0.4, 0.5) is 21.6 Å². The molecule has 0 spiro atoms. The molecule has 0 aliphatic carbocycles. The Morgan fingerprint density at radius 1 is 1.18 bits per heavy atom. The molecule has 4 heteroatoms. The summed E-state index contributed by atoms with van der Waals surface area (Å²) >= 11 is 0. The number of aromatic nitrogens is 1. The lowest BCUT2D eigenvalue weighted by atomic mass is 10.2. The van der Waals surface area contributed by atoms with Gasteiger partial charge in [0.1, 0.15) is 11.6 Å². The van der Waals surface area contributed by atoms with Crippen molar-refractivity contribution < 1.29 is 4.39 Å². The Bertz CT molecular complexity index is 503. The molecule has 1 heterocycles. The first-order chi connectivity index (χ1) is 8.06. The van der Waals surface area contributed by atoms with Crippen LogP contribution >= 0.6 is 0 Å². The molecule has 1 aromatic heterocycles. The monoisotopic (exact) mass is 231 g/mol. The summed E-state index contributed by atoms with van der Waals surface area (Å²) in [6.07, 6.45) is 1.59. The second kappa shape index (κ2) is 4.41. The Balaban J connectivity index is 2.31. The first-order valence-corrected chi connectivity index (χ1v) is 5.31. The van der Waals surface area contributed by atoms with Crippen LogP contribution in [0.2, 0.25) is 0 Å². The summed E-state index contributed by atoms with van der Waals surface area (Å²) in [4.78, 5) is 4.21. The molecule has 0 aliphatic rings. The van der Waals surface area contributed by atoms with E-state index in [1.54, 1.807) is 12.3 Å². The highest BCUT2D eigenvalue weighted by molar-refractivity contribution is 5.63. The maximum absolute atomic E-state index is 13.0. The zero-order valence-corrected chi connectivity index (χ0v) is 9.79. The van der Waals surface area contributed by atoms with Crippen molar-refractivity contribution in [3.05, 3.63) is 47.4 Å². The number of pyridine rings is 1. The molecule has 0 fully saturated rings. The minimum absolute atomic E-state index is 0.241. The number of nitrogens with zero attached hydrogens (tertiary/aromatic N) is 1. The van der Waals surface area contributed by atoms with Gasteiger partial charge in [-0.05, 0) is 49.2 Å². The van der Waals surface area contributed by atoms with Crippen LogP contribution in [0.25, 0.3) is 0 Å². The summed E-state index contributed by atoms with van der Waals surface area (Å²) in [5.41, 5.74) is 8.89. The fourth-order valence-electron chi connectivity index (χ4n) is 1.62. The summed E-state index contributed by atoms with van der Waals surface area (Å²) < 4.78 is 13.0. The van der Waals surface area contributed by atoms with Crippen molar-refractivity contribution >= 4 is 17.2 Å². The summed E-state index contributed by atoms with van der Waals surface area (Å²) in [6.45, 7) is 3.77. The van der Waals surface area contributed by atoms with Crippen molar-refractivity contribution in [2.45, 2.75) is 13.8 Å². The molecular formula is C13H14FN3. The van der Waals surface area contributed by atoms with Crippen LogP contribution in [0.15, 0.2) is 30.5 Å². The molecule has 0 saturated heterocycles. The highest BCUT2D eigenvalue weighted by Gasteiger charge is 2.04. The SMILES string of the molecule is Cc1cc(F)ccc1Nc1ncc(N)cc1C. The summed E-state index contributed by atoms with van der Waals surface area (Å²) in [7, 11) is 0. The largest absolute Gasteiger partial charge is 0.397 e. The molecule has 0 amide bonds. The van der Waals surface area contributed by atoms with E-state index in [0.717, 1.165) is 22.6 Å². The Morgan fingerprint density at radius 3 is 2.59 bits per heavy atom. The van der Waals surface area contributed by atoms with Gasteiger partial charge in [-0.1, -0.05) is 0 Å². The van der Waals surface area contributed by atoms with Gasteiger partial charge in [0.15, 0.2) is 0 Å². The van der Waals surface area contributed by atoms with E-state index < -0.39 is 0 Å². The van der Waals surface area contributed by atoms with E-state index in [4.69, 9.17) is 5.73 Å². The molecule has 0 unspecified atom stereocenters. The molecular weight excluding hydrogens is 217 g/mol. The molecule has 2 rings (SSSR count). The van der Waals surface area contributed by atoms with Crippen LogP contribution < -0.4 is 11.1 Å². The smallest absolute Gasteiger partial charge is 0.133 e. The molecule has 0 aliphatic heterocycles. The van der Waals surface area contributed by atoms with Crippen molar-refractivity contribution in [2.75, 3.05) is 11.1 Å². The molecule has 2 aromatic rings. The van der Waals surface area contributed by atoms with Crippen LogP contribution in [-0.4, -0.2) is 4.98 Å². The van der Waals surface area contributed by atoms with Crippen LogP contribution in [0.1, 0.15) is 11.1 Å². The molecule has 0 atom stereocenters. The number of nitrogens with one attached hydrogen (secondary N) is 1. The van der Waals surface area contributed by atoms with E-state index in [2.05, 4.69) is 10.3 Å². The Labute approximate surface area is 99.5 Å². The van der Waals surface area contributed by atoms with Gasteiger partial charge in [0.25, 0.3) is 0 Å². The van der Waals surface area contributed by atoms with Crippen molar-refractivity contribution in [2.24, 2.45) is 0 Å². The second-order valence-corrected chi connectivity index (χ2v) is 4.02. The third kappa shape index (κ3) is 2.53. The Hall–Kier alpha value is -2.10. The zero-order valence-electron chi connectivity index (χ0n) is 9.79. The number of aryl methyl sites for hydroxylation is 2. The minimum atomic E-state index is -0.241. The predicted octanol–water partition coefficient (Wildman–Crippen LogP) is 3.16. The van der Waals surface area contributed by atoms with Gasteiger partial charge in [0.2, 0.25) is 0 Å². The van der Waals surface area contributed by atoms with Crippen molar-refractivity contribution in [3.63, 3.8) is 0 Å². The summed E-state index contributed by atoms with van der Waals surface area (Å²) in [6, 6.07) is 6.44. The molecule has 88 valence electrons. The number of anilines is 3. The van der Waals surface area contributed by atoms with E-state index in [1.165, 1.54) is 12.1 Å². The molecule has 17 heavy (non-hydrogen) atoms. The fraction of sp³-hybridized carbons (Fsp3) is 0.154. The molecule has 0 bridgehead atoms. The second-order valence-electron chi connectivity index (χ2n) is 4.02. The maximum Gasteiger partial charge on any atom is 0.133 e. The van der Waals surface area contributed by atoms with Gasteiger partial charge < -0.3 is 11.1 Å². The number of nitrogen functional groups attached to an aromatic ring is 1. The predicted molar refractivity (Wildman–Crippen MR) is 67.8 cm³/mol. The first-order valence-electron chi connectivity index (χ1n) is 5.31. The van der Waals surface area contributed by atoms with Crippen molar-refractivity contribution in [1.82, 2.24) is 4.98 Å². The quantitative estimate of drug-likeness (QED) is 0.834. The summed E-state index contributed by atoms with van der Waals surface area (Å²) in [5, 5.41) is 3.16. The van der Waals surface area contributed by atoms with Gasteiger partial charge >= 0.3 is 0 Å². The van der Waals surface area contributed by atoms with Gasteiger partial charge in [0.05, 0.1) is 11.9 Å². The highest BCUT2D eigenvalue weighted by Crippen LogP contribution is 2.22. The first kappa shape index (κ1) is 11.4. The lowest BCUT2D eigenvalue weighted by molar-refractivity contribution is 0.627. The van der Waals surface area contributed by atoms with E-state index in [9.17, 15) is 4.39 Å². The zero-order chi connectivity index (χ0) is 12.4. The van der Waals surface area contributed by atoms with Crippen LogP contribution in [0, 0.1) is 19.7 Å². The topological polar surface area (TPSA) is 50.9 Å². The van der Waals surface area contributed by atoms with E-state index in [1.807, 2.05) is 19.9 Å². The van der Waals surface area contributed by atoms with E-state index in [0.29, 0.717) is 5.69 Å². The average molecular weight is 231 g/mol. The van der Waals surface area contributed by atoms with Gasteiger partial charge in [-0.25, -0.2) is 9.37 Å². The number of hydrogen-bond acceptors (Lipinski definition) is 3. The van der Waals surface area contributed by atoms with Crippen molar-refractivity contribution in [3.8, 4) is 0 Å². The normalized spacial score (nSPS) is 10.3. The van der Waals surface area contributed by atoms with E-state index >= 15 is 0 Å². The number of nitrogens with two attached hydrogens (primary N) is 1. The third-order valence-electron chi connectivity index (χ3n) is 2.54. The van der Waals surface area contributed by atoms with Crippen molar-refractivity contribution in [1.29, 1.82) is 0 Å². The lowest BCUT2D eigenvalue weighted by Gasteiger charge is -2.11. The van der Waals surface area contributed by atoms with Crippen LogP contribution in [0.3, 0.4) is 0 Å². The molecule has 3 N–H and O–H groups in total. The third-order valence-corrected chi connectivity index (χ3v) is 2.54. The number of rotatable bonds is 2. The lowest BCUT2D eigenvalue weighted by Crippen LogP contribution is -1.99. The Morgan fingerprint density at radius 2 is 1.94 bits per heavy atom. The fourth-order valence-corrected chi connectivity index (χ4v) is 1.62. The van der Waals surface area contributed by atoms with Gasteiger partial charge in [-0.2, -0.15) is 0 Å². The number of hydrogen-bond donors (Lipinski definition) is 2. The average Bonchev–Trinajstić information content (AvgIpc) is 2.25. The Kier molecular flexibility index (Phi) is 2.95.